The number of fused-ring (bicyclic) bond motifs is 3. The fraction of sp³-hybridized carbons (Fsp3) is 0.548. The standard InChI is InChI=1S/C31H34F5NO3/c1-28(13-11-20(12-14-28)26(38)39)27(40)37-16-15-30(18-19-3-7-23(32)8-4-19)24-9-6-22(29(2,33)31(34,35)36)17-21(24)5-10-25(30)37/h3-4,6-9,17,20,25H,5,10-16,18H2,1-2H3,(H,38,39). The summed E-state index contributed by atoms with van der Waals surface area (Å²) in [6.07, 6.45) is -1.32. The van der Waals surface area contributed by atoms with Crippen molar-refractivity contribution in [1.29, 1.82) is 0 Å². The summed E-state index contributed by atoms with van der Waals surface area (Å²) in [6, 6.07) is 9.99. The minimum atomic E-state index is -5.06. The second-order valence-corrected chi connectivity index (χ2v) is 12.3. The van der Waals surface area contributed by atoms with Crippen molar-refractivity contribution in [3.05, 3.63) is 70.5 Å². The largest absolute Gasteiger partial charge is 0.481 e. The zero-order valence-electron chi connectivity index (χ0n) is 22.7. The SMILES string of the molecule is CC1(C(=O)N2CCC3(Cc4ccc(F)cc4)c4ccc(C(C)(F)C(F)(F)F)cc4CCC23)CCC(C(=O)O)CC1. The highest BCUT2D eigenvalue weighted by Crippen LogP contribution is 2.52. The highest BCUT2D eigenvalue weighted by Gasteiger charge is 2.57. The highest BCUT2D eigenvalue weighted by atomic mass is 19.4. The number of benzene rings is 2. The molecule has 5 rings (SSSR count). The van der Waals surface area contributed by atoms with Gasteiger partial charge in [-0.3, -0.25) is 9.59 Å². The third kappa shape index (κ3) is 4.69. The van der Waals surface area contributed by atoms with Gasteiger partial charge >= 0.3 is 12.1 Å². The second-order valence-electron chi connectivity index (χ2n) is 12.3. The van der Waals surface area contributed by atoms with Crippen molar-refractivity contribution in [2.24, 2.45) is 11.3 Å². The molecule has 1 aliphatic heterocycles. The van der Waals surface area contributed by atoms with Gasteiger partial charge in [0, 0.05) is 23.4 Å². The number of carboxylic acid groups (broad SMARTS) is 1. The van der Waals surface area contributed by atoms with Crippen molar-refractivity contribution >= 4 is 11.9 Å². The normalized spacial score (nSPS) is 29.8. The van der Waals surface area contributed by atoms with E-state index in [2.05, 4.69) is 0 Å². The highest BCUT2D eigenvalue weighted by molar-refractivity contribution is 5.84. The molecule has 2 aliphatic carbocycles. The summed E-state index contributed by atoms with van der Waals surface area (Å²) in [7, 11) is 0. The van der Waals surface area contributed by atoms with E-state index < -0.39 is 40.1 Å². The fourth-order valence-electron chi connectivity index (χ4n) is 7.29. The molecule has 2 aromatic carbocycles. The lowest BCUT2D eigenvalue weighted by atomic mass is 9.63. The Kier molecular flexibility index (Phi) is 7.02. The molecule has 1 heterocycles. The molecule has 0 spiro atoms. The van der Waals surface area contributed by atoms with E-state index in [4.69, 9.17) is 0 Å². The number of hydrogen-bond donors (Lipinski definition) is 1. The second kappa shape index (κ2) is 9.84. The van der Waals surface area contributed by atoms with Crippen LogP contribution in [0.4, 0.5) is 22.0 Å². The minimum absolute atomic E-state index is 0.0178. The van der Waals surface area contributed by atoms with Gasteiger partial charge in [-0.15, -0.1) is 0 Å². The number of nitrogens with zero attached hydrogens (tertiary/aromatic N) is 1. The summed E-state index contributed by atoms with van der Waals surface area (Å²) in [5.41, 5.74) is -2.95. The van der Waals surface area contributed by atoms with Gasteiger partial charge in [-0.05, 0) is 92.7 Å². The maximum absolute atomic E-state index is 14.9. The molecule has 2 aromatic rings. The van der Waals surface area contributed by atoms with E-state index in [9.17, 15) is 36.6 Å². The quantitative estimate of drug-likeness (QED) is 0.404. The van der Waals surface area contributed by atoms with E-state index in [1.54, 1.807) is 18.2 Å². The van der Waals surface area contributed by atoms with Crippen LogP contribution in [0, 0.1) is 17.2 Å². The molecule has 1 saturated carbocycles. The number of likely N-dealkylation sites (tertiary alicyclic amines) is 1. The molecule has 0 radical (unpaired) electrons. The molecule has 0 bridgehead atoms. The third-order valence-corrected chi connectivity index (χ3v) is 9.86. The van der Waals surface area contributed by atoms with Crippen LogP contribution in [-0.4, -0.2) is 40.6 Å². The molecule has 0 aromatic heterocycles. The number of aryl methyl sites for hydroxylation is 1. The lowest BCUT2D eigenvalue weighted by Crippen LogP contribution is -2.53. The Morgan fingerprint density at radius 1 is 1.00 bits per heavy atom. The molecule has 3 aliphatic rings. The Hall–Kier alpha value is -2.97. The Labute approximate surface area is 230 Å². The molecular weight excluding hydrogens is 529 g/mol. The summed E-state index contributed by atoms with van der Waals surface area (Å²) >= 11 is 0. The Morgan fingerprint density at radius 3 is 2.25 bits per heavy atom. The molecule has 1 N–H and O–H groups in total. The van der Waals surface area contributed by atoms with Crippen molar-refractivity contribution in [3.63, 3.8) is 0 Å². The van der Waals surface area contributed by atoms with Crippen molar-refractivity contribution in [3.8, 4) is 0 Å². The predicted octanol–water partition coefficient (Wildman–Crippen LogP) is 6.88. The van der Waals surface area contributed by atoms with Crippen molar-refractivity contribution < 1.29 is 36.6 Å². The van der Waals surface area contributed by atoms with Gasteiger partial charge in [-0.25, -0.2) is 8.78 Å². The molecule has 216 valence electrons. The van der Waals surface area contributed by atoms with Gasteiger partial charge in [0.1, 0.15) is 5.82 Å². The maximum Gasteiger partial charge on any atom is 0.426 e. The Bertz CT molecular complexity index is 1300. The number of hydrogen-bond acceptors (Lipinski definition) is 2. The predicted molar refractivity (Wildman–Crippen MR) is 139 cm³/mol. The molecule has 1 saturated heterocycles. The fourth-order valence-corrected chi connectivity index (χ4v) is 7.29. The van der Waals surface area contributed by atoms with Crippen LogP contribution in [0.1, 0.15) is 74.6 Å². The van der Waals surface area contributed by atoms with E-state index >= 15 is 0 Å². The molecule has 3 atom stereocenters. The Morgan fingerprint density at radius 2 is 1.65 bits per heavy atom. The summed E-state index contributed by atoms with van der Waals surface area (Å²) in [5, 5.41) is 9.41. The van der Waals surface area contributed by atoms with E-state index in [1.165, 1.54) is 24.3 Å². The van der Waals surface area contributed by atoms with Crippen LogP contribution < -0.4 is 0 Å². The molecule has 2 fully saturated rings. The van der Waals surface area contributed by atoms with E-state index in [1.807, 2.05) is 11.8 Å². The van der Waals surface area contributed by atoms with Crippen molar-refractivity contribution in [1.82, 2.24) is 4.90 Å². The van der Waals surface area contributed by atoms with Crippen LogP contribution in [0.15, 0.2) is 42.5 Å². The van der Waals surface area contributed by atoms with Gasteiger partial charge in [-0.1, -0.05) is 37.3 Å². The topological polar surface area (TPSA) is 57.6 Å². The molecule has 3 unspecified atom stereocenters. The average Bonchev–Trinajstić information content (AvgIpc) is 3.28. The van der Waals surface area contributed by atoms with Gasteiger partial charge in [0.15, 0.2) is 0 Å². The van der Waals surface area contributed by atoms with E-state index in [0.29, 0.717) is 70.4 Å². The summed E-state index contributed by atoms with van der Waals surface area (Å²) in [6.45, 7) is 2.88. The van der Waals surface area contributed by atoms with Crippen LogP contribution in [0.2, 0.25) is 0 Å². The third-order valence-electron chi connectivity index (χ3n) is 9.86. The first-order valence-electron chi connectivity index (χ1n) is 13.9. The van der Waals surface area contributed by atoms with Gasteiger partial charge in [-0.2, -0.15) is 13.2 Å². The number of amides is 1. The zero-order valence-corrected chi connectivity index (χ0v) is 22.7. The van der Waals surface area contributed by atoms with Crippen LogP contribution in [0.5, 0.6) is 0 Å². The summed E-state index contributed by atoms with van der Waals surface area (Å²) < 4.78 is 69.1. The summed E-state index contributed by atoms with van der Waals surface area (Å²) in [5.74, 6) is -1.69. The van der Waals surface area contributed by atoms with Gasteiger partial charge in [0.2, 0.25) is 11.6 Å². The van der Waals surface area contributed by atoms with Crippen LogP contribution in [0.25, 0.3) is 0 Å². The van der Waals surface area contributed by atoms with Crippen LogP contribution in [0.3, 0.4) is 0 Å². The number of alkyl halides is 4. The number of aliphatic carboxylic acids is 1. The number of halogens is 5. The van der Waals surface area contributed by atoms with E-state index in [0.717, 1.165) is 11.1 Å². The lowest BCUT2D eigenvalue weighted by molar-refractivity contribution is -0.228. The zero-order chi connectivity index (χ0) is 29.1. The number of rotatable bonds is 5. The maximum atomic E-state index is 14.9. The van der Waals surface area contributed by atoms with Crippen LogP contribution >= 0.6 is 0 Å². The molecule has 9 heteroatoms. The lowest BCUT2D eigenvalue weighted by Gasteiger charge is -2.46. The van der Waals surface area contributed by atoms with Crippen molar-refractivity contribution in [2.45, 2.75) is 88.5 Å². The number of carboxylic acids is 1. The average molecular weight is 564 g/mol. The first kappa shape index (κ1) is 28.6. The van der Waals surface area contributed by atoms with Gasteiger partial charge in [0.05, 0.1) is 5.92 Å². The molecule has 40 heavy (non-hydrogen) atoms. The number of carbonyl (C=O) groups is 2. The van der Waals surface area contributed by atoms with E-state index in [-0.39, 0.29) is 17.8 Å². The first-order chi connectivity index (χ1) is 18.7. The van der Waals surface area contributed by atoms with Gasteiger partial charge in [0.25, 0.3) is 0 Å². The van der Waals surface area contributed by atoms with Gasteiger partial charge < -0.3 is 10.0 Å². The molecule has 1 amide bonds. The summed E-state index contributed by atoms with van der Waals surface area (Å²) in [4.78, 5) is 27.4. The minimum Gasteiger partial charge on any atom is -0.481 e. The monoisotopic (exact) mass is 563 g/mol. The first-order valence-corrected chi connectivity index (χ1v) is 13.9. The number of carbonyl (C=O) groups excluding carboxylic acids is 1. The Balaban J connectivity index is 1.52. The smallest absolute Gasteiger partial charge is 0.426 e. The van der Waals surface area contributed by atoms with Crippen molar-refractivity contribution in [2.75, 3.05) is 6.54 Å². The van der Waals surface area contributed by atoms with Crippen LogP contribution in [-0.2, 0) is 33.5 Å². The molecule has 4 nitrogen and oxygen atoms in total. The molecular formula is C31H34F5NO3.